The van der Waals surface area contributed by atoms with E-state index in [0.717, 1.165) is 4.70 Å². The lowest BCUT2D eigenvalue weighted by molar-refractivity contribution is -0.132. The van der Waals surface area contributed by atoms with Gasteiger partial charge in [-0.25, -0.2) is 4.98 Å². The number of aliphatic hydroxyl groups excluding tert-OH is 1. The van der Waals surface area contributed by atoms with E-state index in [1.54, 1.807) is 42.5 Å². The van der Waals surface area contributed by atoms with Gasteiger partial charge in [-0.1, -0.05) is 23.5 Å². The number of nitrogens with zero attached hydrogens (tertiary/aromatic N) is 2. The molecule has 3 aromatic carbocycles. The fourth-order valence-corrected chi connectivity index (χ4v) is 5.91. The third kappa shape index (κ3) is 4.50. The first-order valence-corrected chi connectivity index (χ1v) is 13.8. The molecule has 40 heavy (non-hydrogen) atoms. The molecule has 10 heteroatoms. The molecule has 0 spiro atoms. The number of fused-ring (bicyclic) bond motifs is 2. The number of aromatic nitrogens is 1. The Kier molecular flexibility index (Phi) is 6.77. The van der Waals surface area contributed by atoms with Crippen LogP contribution >= 0.6 is 11.3 Å². The molecular formula is C30H26N2O7S. The van der Waals surface area contributed by atoms with E-state index in [-0.39, 0.29) is 11.3 Å². The van der Waals surface area contributed by atoms with Gasteiger partial charge < -0.3 is 24.1 Å². The Morgan fingerprint density at radius 3 is 2.50 bits per heavy atom. The molecule has 6 rings (SSSR count). The fourth-order valence-electron chi connectivity index (χ4n) is 4.88. The highest BCUT2D eigenvalue weighted by Crippen LogP contribution is 2.46. The zero-order valence-electron chi connectivity index (χ0n) is 21.9. The van der Waals surface area contributed by atoms with Gasteiger partial charge in [-0.15, -0.1) is 0 Å². The molecule has 1 amide bonds. The Bertz CT molecular complexity index is 1660. The van der Waals surface area contributed by atoms with E-state index in [1.807, 2.05) is 32.0 Å². The van der Waals surface area contributed by atoms with Crippen LogP contribution in [0.5, 0.6) is 23.0 Å². The third-order valence-electron chi connectivity index (χ3n) is 6.61. The standard InChI is InChI=1S/C30H26N2O7S/c1-3-36-19-7-5-6-17(14-19)26-25(27(33)18-8-11-22-23(15-18)39-13-12-38-22)28(34)29(35)32(26)30-31-21-10-9-20(37-4-2)16-24(21)40-30/h5-11,14-16,26,33H,3-4,12-13H2,1-2H3/b27-25+/t26-/m0/s1. The first kappa shape index (κ1) is 25.7. The van der Waals surface area contributed by atoms with Gasteiger partial charge in [0, 0.05) is 5.56 Å². The van der Waals surface area contributed by atoms with Crippen molar-refractivity contribution in [1.29, 1.82) is 0 Å². The van der Waals surface area contributed by atoms with E-state index in [4.69, 9.17) is 18.9 Å². The minimum Gasteiger partial charge on any atom is -0.507 e. The summed E-state index contributed by atoms with van der Waals surface area (Å²) >= 11 is 1.27. The number of ether oxygens (including phenoxy) is 4. The summed E-state index contributed by atoms with van der Waals surface area (Å²) in [6.45, 7) is 5.53. The first-order valence-electron chi connectivity index (χ1n) is 13.0. The maximum atomic E-state index is 13.6. The molecular weight excluding hydrogens is 532 g/mol. The van der Waals surface area contributed by atoms with Gasteiger partial charge >= 0.3 is 5.91 Å². The first-order chi connectivity index (χ1) is 19.5. The summed E-state index contributed by atoms with van der Waals surface area (Å²) in [4.78, 5) is 33.3. The van der Waals surface area contributed by atoms with E-state index in [0.29, 0.717) is 71.2 Å². The summed E-state index contributed by atoms with van der Waals surface area (Å²) in [5, 5.41) is 11.9. The van der Waals surface area contributed by atoms with Crippen molar-refractivity contribution >= 4 is 44.1 Å². The quantitative estimate of drug-likeness (QED) is 0.180. The van der Waals surface area contributed by atoms with Crippen LogP contribution in [0.1, 0.15) is 31.0 Å². The van der Waals surface area contributed by atoms with Crippen LogP contribution in [-0.4, -0.2) is 48.2 Å². The number of carbonyl (C=O) groups excluding carboxylic acids is 2. The summed E-state index contributed by atoms with van der Waals surface area (Å²) in [5.74, 6) is 0.357. The fraction of sp³-hybridized carbons (Fsp3) is 0.233. The van der Waals surface area contributed by atoms with Crippen molar-refractivity contribution in [3.63, 3.8) is 0 Å². The second kappa shape index (κ2) is 10.5. The molecule has 0 bridgehead atoms. The summed E-state index contributed by atoms with van der Waals surface area (Å²) in [5.41, 5.74) is 1.54. The Morgan fingerprint density at radius 1 is 0.975 bits per heavy atom. The molecule has 2 aliphatic rings. The number of hydrogen-bond acceptors (Lipinski definition) is 9. The highest BCUT2D eigenvalue weighted by Gasteiger charge is 2.48. The predicted molar refractivity (Wildman–Crippen MR) is 151 cm³/mol. The molecule has 0 aliphatic carbocycles. The lowest BCUT2D eigenvalue weighted by Crippen LogP contribution is -2.29. The van der Waals surface area contributed by atoms with Crippen molar-refractivity contribution in [2.45, 2.75) is 19.9 Å². The second-order valence-corrected chi connectivity index (χ2v) is 10.1. The van der Waals surface area contributed by atoms with Crippen molar-refractivity contribution in [3.05, 3.63) is 77.4 Å². The number of amides is 1. The van der Waals surface area contributed by atoms with Crippen LogP contribution in [-0.2, 0) is 9.59 Å². The van der Waals surface area contributed by atoms with Crippen LogP contribution in [0.25, 0.3) is 16.0 Å². The number of thiazole rings is 1. The maximum absolute atomic E-state index is 13.6. The summed E-state index contributed by atoms with van der Waals surface area (Å²) in [6.07, 6.45) is 0. The summed E-state index contributed by atoms with van der Waals surface area (Å²) in [7, 11) is 0. The topological polar surface area (TPSA) is 107 Å². The van der Waals surface area contributed by atoms with Gasteiger partial charge in [0.1, 0.15) is 30.5 Å². The molecule has 0 radical (unpaired) electrons. The van der Waals surface area contributed by atoms with E-state index in [2.05, 4.69) is 4.98 Å². The van der Waals surface area contributed by atoms with Crippen LogP contribution in [0.2, 0.25) is 0 Å². The van der Waals surface area contributed by atoms with Crippen LogP contribution < -0.4 is 23.8 Å². The van der Waals surface area contributed by atoms with Crippen molar-refractivity contribution < 1.29 is 33.6 Å². The molecule has 1 N–H and O–H groups in total. The largest absolute Gasteiger partial charge is 0.507 e. The number of anilines is 1. The Morgan fingerprint density at radius 2 is 1.73 bits per heavy atom. The Balaban J connectivity index is 1.51. The smallest absolute Gasteiger partial charge is 0.301 e. The molecule has 9 nitrogen and oxygen atoms in total. The summed E-state index contributed by atoms with van der Waals surface area (Å²) in [6, 6.07) is 16.6. The molecule has 0 saturated carbocycles. The van der Waals surface area contributed by atoms with Crippen LogP contribution in [0, 0.1) is 0 Å². The number of Topliss-reactive ketones (excluding diaryl/α,β-unsaturated/α-hetero) is 1. The van der Waals surface area contributed by atoms with E-state index in [1.165, 1.54) is 16.2 Å². The van der Waals surface area contributed by atoms with Crippen LogP contribution in [0.4, 0.5) is 5.13 Å². The molecule has 204 valence electrons. The highest BCUT2D eigenvalue weighted by atomic mass is 32.1. The molecule has 4 aromatic rings. The molecule has 1 atom stereocenters. The average Bonchev–Trinajstić information content (AvgIpc) is 3.50. The zero-order valence-corrected chi connectivity index (χ0v) is 22.7. The van der Waals surface area contributed by atoms with Gasteiger partial charge in [-0.2, -0.15) is 0 Å². The normalized spacial score (nSPS) is 17.9. The Labute approximate surface area is 234 Å². The average molecular weight is 559 g/mol. The van der Waals surface area contributed by atoms with Gasteiger partial charge in [0.05, 0.1) is 35.0 Å². The number of benzene rings is 3. The molecule has 1 saturated heterocycles. The molecule has 1 aromatic heterocycles. The van der Waals surface area contributed by atoms with Crippen LogP contribution in [0.15, 0.2) is 66.2 Å². The molecule has 2 aliphatic heterocycles. The third-order valence-corrected chi connectivity index (χ3v) is 7.63. The lowest BCUT2D eigenvalue weighted by atomic mass is 9.95. The number of hydrogen-bond donors (Lipinski definition) is 1. The van der Waals surface area contributed by atoms with Gasteiger partial charge in [0.2, 0.25) is 0 Å². The van der Waals surface area contributed by atoms with Crippen molar-refractivity contribution in [1.82, 2.24) is 4.98 Å². The van der Waals surface area contributed by atoms with Gasteiger partial charge in [-0.3, -0.25) is 14.5 Å². The number of carbonyl (C=O) groups is 2. The number of rotatable bonds is 7. The van der Waals surface area contributed by atoms with Crippen molar-refractivity contribution in [2.24, 2.45) is 0 Å². The molecule has 0 unspecified atom stereocenters. The Hall–Kier alpha value is -4.57. The predicted octanol–water partition coefficient (Wildman–Crippen LogP) is 5.49. The van der Waals surface area contributed by atoms with Crippen molar-refractivity contribution in [3.8, 4) is 23.0 Å². The molecule has 3 heterocycles. The van der Waals surface area contributed by atoms with Gasteiger partial charge in [-0.05, 0) is 67.9 Å². The maximum Gasteiger partial charge on any atom is 0.301 e. The lowest BCUT2D eigenvalue weighted by Gasteiger charge is -2.23. The van der Waals surface area contributed by atoms with E-state index < -0.39 is 17.7 Å². The van der Waals surface area contributed by atoms with E-state index >= 15 is 0 Å². The SMILES string of the molecule is CCOc1cccc([C@H]2/C(=C(\O)c3ccc4c(c3)OCCO4)C(=O)C(=O)N2c2nc3ccc(OCC)cc3s2)c1. The molecule has 1 fully saturated rings. The second-order valence-electron chi connectivity index (χ2n) is 9.09. The van der Waals surface area contributed by atoms with Gasteiger partial charge in [0.25, 0.3) is 5.78 Å². The number of ketones is 1. The number of aliphatic hydroxyl groups is 1. The van der Waals surface area contributed by atoms with E-state index in [9.17, 15) is 14.7 Å². The highest BCUT2D eigenvalue weighted by molar-refractivity contribution is 7.22. The van der Waals surface area contributed by atoms with Gasteiger partial charge in [0.15, 0.2) is 16.6 Å². The monoisotopic (exact) mass is 558 g/mol. The zero-order chi connectivity index (χ0) is 27.8. The van der Waals surface area contributed by atoms with Crippen molar-refractivity contribution in [2.75, 3.05) is 31.3 Å². The van der Waals surface area contributed by atoms with Crippen LogP contribution in [0.3, 0.4) is 0 Å². The minimum atomic E-state index is -0.944. The minimum absolute atomic E-state index is 0.0513. The summed E-state index contributed by atoms with van der Waals surface area (Å²) < 4.78 is 23.4.